The smallest absolute Gasteiger partial charge is 0.410 e. The number of rotatable bonds is 4. The van der Waals surface area contributed by atoms with Gasteiger partial charge in [0.2, 0.25) is 0 Å². The maximum Gasteiger partial charge on any atom is 0.410 e. The molecular weight excluding hydrogens is 412 g/mol. The topological polar surface area (TPSA) is 66.9 Å². The molecule has 6 nitrogen and oxygen atoms in total. The molecule has 3 rings (SSSR count). The Morgan fingerprint density at radius 2 is 1.81 bits per heavy atom. The van der Waals surface area contributed by atoms with Crippen LogP contribution in [-0.4, -0.2) is 48.4 Å². The standard InChI is InChI=1S/C24H34N2O4S/c1-19-10-14-22(15-11-19)31(28,29)25-16-7-8-20(18-25)12-13-21-9-5-6-17-26(21)23(27)30-24(2,3)4/h10-15,18,21H,5-9,16-17H2,1-4H3/b13-12+/t21-/m1/s1. The van der Waals surface area contributed by atoms with Gasteiger partial charge in [-0.25, -0.2) is 13.2 Å². The molecule has 0 spiro atoms. The van der Waals surface area contributed by atoms with Gasteiger partial charge in [-0.05, 0) is 77.5 Å². The fourth-order valence-corrected chi connectivity index (χ4v) is 5.25. The summed E-state index contributed by atoms with van der Waals surface area (Å²) >= 11 is 0. The molecule has 31 heavy (non-hydrogen) atoms. The highest BCUT2D eigenvalue weighted by atomic mass is 32.2. The molecule has 0 aliphatic carbocycles. The molecule has 1 saturated heterocycles. The number of likely N-dealkylation sites (tertiary alicyclic amines) is 1. The number of allylic oxidation sites excluding steroid dienone is 2. The lowest BCUT2D eigenvalue weighted by Gasteiger charge is -2.35. The first kappa shape index (κ1) is 23.4. The lowest BCUT2D eigenvalue weighted by molar-refractivity contribution is 0.0149. The number of carbonyl (C=O) groups is 1. The van der Waals surface area contributed by atoms with Crippen molar-refractivity contribution in [2.75, 3.05) is 13.1 Å². The molecule has 7 heteroatoms. The zero-order chi connectivity index (χ0) is 22.6. The maximum atomic E-state index is 13.0. The van der Waals surface area contributed by atoms with Gasteiger partial charge in [-0.2, -0.15) is 0 Å². The Hall–Kier alpha value is -2.28. The summed E-state index contributed by atoms with van der Waals surface area (Å²) in [7, 11) is -3.56. The second-order valence-corrected chi connectivity index (χ2v) is 11.2. The highest BCUT2D eigenvalue weighted by Gasteiger charge is 2.29. The van der Waals surface area contributed by atoms with E-state index >= 15 is 0 Å². The molecule has 0 N–H and O–H groups in total. The Balaban J connectivity index is 1.75. The number of aryl methyl sites for hydroxylation is 1. The van der Waals surface area contributed by atoms with E-state index in [0.29, 0.717) is 18.0 Å². The molecule has 0 saturated carbocycles. The molecule has 2 aliphatic rings. The molecule has 2 heterocycles. The summed E-state index contributed by atoms with van der Waals surface area (Å²) in [6.07, 6.45) is 9.93. The second-order valence-electron chi connectivity index (χ2n) is 9.33. The third-order valence-electron chi connectivity index (χ3n) is 5.49. The van der Waals surface area contributed by atoms with Crippen molar-refractivity contribution in [2.24, 2.45) is 0 Å². The van der Waals surface area contributed by atoms with E-state index < -0.39 is 15.6 Å². The van der Waals surface area contributed by atoms with Gasteiger partial charge in [-0.1, -0.05) is 29.8 Å². The van der Waals surface area contributed by atoms with Crippen molar-refractivity contribution >= 4 is 16.1 Å². The van der Waals surface area contributed by atoms with E-state index in [9.17, 15) is 13.2 Å². The monoisotopic (exact) mass is 446 g/mol. The van der Waals surface area contributed by atoms with Crippen LogP contribution in [0.25, 0.3) is 0 Å². The number of ether oxygens (including phenoxy) is 1. The summed E-state index contributed by atoms with van der Waals surface area (Å²) in [4.78, 5) is 14.7. The first-order chi connectivity index (χ1) is 14.6. The van der Waals surface area contributed by atoms with Crippen LogP contribution in [0.15, 0.2) is 53.1 Å². The number of nitrogens with zero attached hydrogens (tertiary/aromatic N) is 2. The summed E-state index contributed by atoms with van der Waals surface area (Å²) < 4.78 is 33.0. The van der Waals surface area contributed by atoms with E-state index in [1.54, 1.807) is 23.2 Å². The molecule has 1 amide bonds. The first-order valence-electron chi connectivity index (χ1n) is 11.0. The lowest BCUT2D eigenvalue weighted by Crippen LogP contribution is -2.45. The average molecular weight is 447 g/mol. The van der Waals surface area contributed by atoms with Crippen molar-refractivity contribution in [1.82, 2.24) is 9.21 Å². The van der Waals surface area contributed by atoms with Gasteiger partial charge >= 0.3 is 6.09 Å². The van der Waals surface area contributed by atoms with Crippen molar-refractivity contribution in [1.29, 1.82) is 0 Å². The van der Waals surface area contributed by atoms with Gasteiger partial charge in [0, 0.05) is 19.3 Å². The van der Waals surface area contributed by atoms with Crippen LogP contribution in [0.1, 0.15) is 58.4 Å². The van der Waals surface area contributed by atoms with Crippen LogP contribution in [0.5, 0.6) is 0 Å². The number of amides is 1. The van der Waals surface area contributed by atoms with Crippen molar-refractivity contribution in [2.45, 2.75) is 76.3 Å². The van der Waals surface area contributed by atoms with E-state index in [4.69, 9.17) is 4.74 Å². The summed E-state index contributed by atoms with van der Waals surface area (Å²) in [6, 6.07) is 6.91. The van der Waals surface area contributed by atoms with Gasteiger partial charge in [0.05, 0.1) is 10.9 Å². The molecular formula is C24H34N2O4S. The third kappa shape index (κ3) is 6.12. The Bertz CT molecular complexity index is 943. The minimum Gasteiger partial charge on any atom is -0.444 e. The lowest BCUT2D eigenvalue weighted by atomic mass is 10.00. The minimum absolute atomic E-state index is 0.0337. The van der Waals surface area contributed by atoms with E-state index in [1.165, 1.54) is 4.31 Å². The number of carbonyl (C=O) groups excluding carboxylic acids is 1. The number of sulfonamides is 1. The van der Waals surface area contributed by atoms with Crippen LogP contribution in [0.2, 0.25) is 0 Å². The number of benzene rings is 1. The number of hydrogen-bond donors (Lipinski definition) is 0. The van der Waals surface area contributed by atoms with E-state index in [1.807, 2.05) is 52.0 Å². The van der Waals surface area contributed by atoms with E-state index in [2.05, 4.69) is 0 Å². The summed E-state index contributed by atoms with van der Waals surface area (Å²) in [5.74, 6) is 0. The van der Waals surface area contributed by atoms with Crippen molar-refractivity contribution in [3.63, 3.8) is 0 Å². The molecule has 1 atom stereocenters. The van der Waals surface area contributed by atoms with Crippen molar-refractivity contribution in [3.8, 4) is 0 Å². The molecule has 1 aromatic carbocycles. The van der Waals surface area contributed by atoms with Gasteiger partial charge < -0.3 is 9.64 Å². The molecule has 2 aliphatic heterocycles. The zero-order valence-electron chi connectivity index (χ0n) is 19.0. The molecule has 0 unspecified atom stereocenters. The SMILES string of the molecule is Cc1ccc(S(=O)(=O)N2C=C(/C=C/[C@H]3CCCCN3C(=O)OC(C)(C)C)CCC2)cc1. The minimum atomic E-state index is -3.56. The van der Waals surface area contributed by atoms with Gasteiger partial charge in [0.15, 0.2) is 0 Å². The van der Waals surface area contributed by atoms with Gasteiger partial charge in [-0.3, -0.25) is 4.31 Å². The molecule has 1 fully saturated rings. The second kappa shape index (κ2) is 9.47. The molecule has 0 radical (unpaired) electrons. The number of piperidine rings is 1. The number of hydrogen-bond acceptors (Lipinski definition) is 4. The van der Waals surface area contributed by atoms with Crippen LogP contribution in [-0.2, 0) is 14.8 Å². The van der Waals surface area contributed by atoms with Crippen LogP contribution in [0.3, 0.4) is 0 Å². The molecule has 170 valence electrons. The van der Waals surface area contributed by atoms with Gasteiger partial charge in [0.1, 0.15) is 5.60 Å². The predicted molar refractivity (Wildman–Crippen MR) is 122 cm³/mol. The van der Waals surface area contributed by atoms with Crippen LogP contribution in [0, 0.1) is 6.92 Å². The first-order valence-corrected chi connectivity index (χ1v) is 12.5. The quantitative estimate of drug-likeness (QED) is 0.652. The van der Waals surface area contributed by atoms with Crippen LogP contribution < -0.4 is 0 Å². The highest BCUT2D eigenvalue weighted by Crippen LogP contribution is 2.26. The van der Waals surface area contributed by atoms with Crippen LogP contribution >= 0.6 is 0 Å². The molecule has 0 aromatic heterocycles. The molecule has 1 aromatic rings. The van der Waals surface area contributed by atoms with E-state index in [0.717, 1.165) is 43.2 Å². The highest BCUT2D eigenvalue weighted by molar-refractivity contribution is 7.89. The van der Waals surface area contributed by atoms with Gasteiger partial charge in [0.25, 0.3) is 10.0 Å². The summed E-state index contributed by atoms with van der Waals surface area (Å²) in [5, 5.41) is 0. The Kier molecular flexibility index (Phi) is 7.14. The largest absolute Gasteiger partial charge is 0.444 e. The normalized spacial score (nSPS) is 20.6. The van der Waals surface area contributed by atoms with Crippen molar-refractivity contribution in [3.05, 3.63) is 53.8 Å². The Morgan fingerprint density at radius 3 is 2.48 bits per heavy atom. The average Bonchev–Trinajstić information content (AvgIpc) is 2.72. The fourth-order valence-electron chi connectivity index (χ4n) is 3.85. The summed E-state index contributed by atoms with van der Waals surface area (Å²) in [5.41, 5.74) is 1.45. The maximum absolute atomic E-state index is 13.0. The van der Waals surface area contributed by atoms with Gasteiger partial charge in [-0.15, -0.1) is 0 Å². The fraction of sp³-hybridized carbons (Fsp3) is 0.542. The Labute approximate surface area is 186 Å². The Morgan fingerprint density at radius 1 is 1.10 bits per heavy atom. The van der Waals surface area contributed by atoms with E-state index in [-0.39, 0.29) is 12.1 Å². The third-order valence-corrected chi connectivity index (χ3v) is 7.26. The van der Waals surface area contributed by atoms with Crippen LogP contribution in [0.4, 0.5) is 4.79 Å². The zero-order valence-corrected chi connectivity index (χ0v) is 19.8. The predicted octanol–water partition coefficient (Wildman–Crippen LogP) is 5.01. The molecule has 0 bridgehead atoms. The van der Waals surface area contributed by atoms with Crippen molar-refractivity contribution < 1.29 is 17.9 Å². The summed E-state index contributed by atoms with van der Waals surface area (Å²) in [6.45, 7) is 8.70.